The van der Waals surface area contributed by atoms with Crippen LogP contribution in [-0.2, 0) is 0 Å². The monoisotopic (exact) mass is 252 g/mol. The molecule has 17 heavy (non-hydrogen) atoms. The first-order valence-electron chi connectivity index (χ1n) is 5.21. The molecule has 1 aromatic carbocycles. The predicted octanol–water partition coefficient (Wildman–Crippen LogP) is 3.04. The van der Waals surface area contributed by atoms with Crippen LogP contribution in [0.5, 0.6) is 5.75 Å². The normalized spacial score (nSPS) is 14.4. The van der Waals surface area contributed by atoms with Crippen LogP contribution in [0.25, 0.3) is 0 Å². The van der Waals surface area contributed by atoms with Gasteiger partial charge in [0.2, 0.25) is 0 Å². The summed E-state index contributed by atoms with van der Waals surface area (Å²) in [6.07, 6.45) is -0.863. The molecule has 0 aromatic heterocycles. The van der Waals surface area contributed by atoms with Crippen LogP contribution < -0.4 is 4.74 Å². The van der Waals surface area contributed by atoms with Crippen LogP contribution in [0.15, 0.2) is 11.0 Å². The molecular weight excluding hydrogens is 240 g/mol. The molecule has 1 N–H and O–H groups in total. The summed E-state index contributed by atoms with van der Waals surface area (Å²) in [4.78, 5) is 23.4. The lowest BCUT2D eigenvalue weighted by Crippen LogP contribution is -2.14. The summed E-state index contributed by atoms with van der Waals surface area (Å²) in [5.74, 6) is 1.10. The quantitative estimate of drug-likeness (QED) is 0.614. The second-order valence-corrected chi connectivity index (χ2v) is 5.02. The Morgan fingerprint density at radius 2 is 2.18 bits per heavy atom. The number of hydrogen-bond acceptors (Lipinski definition) is 4. The Labute approximate surface area is 103 Å². The van der Waals surface area contributed by atoms with Gasteiger partial charge in [-0.2, -0.15) is 0 Å². The number of fused-ring (bicyclic) bond motifs is 1. The van der Waals surface area contributed by atoms with Crippen LogP contribution in [0.3, 0.4) is 0 Å². The van der Waals surface area contributed by atoms with Crippen molar-refractivity contribution in [1.29, 1.82) is 0 Å². The van der Waals surface area contributed by atoms with Crippen LogP contribution in [0.2, 0.25) is 0 Å². The van der Waals surface area contributed by atoms with E-state index in [4.69, 9.17) is 9.84 Å². The van der Waals surface area contributed by atoms with Crippen LogP contribution in [0.1, 0.15) is 27.9 Å². The minimum Gasteiger partial charge on any atom is -0.449 e. The van der Waals surface area contributed by atoms with Gasteiger partial charge in [0, 0.05) is 28.2 Å². The van der Waals surface area contributed by atoms with Gasteiger partial charge in [-0.3, -0.25) is 4.79 Å². The minimum absolute atomic E-state index is 0.0650. The molecule has 0 radical (unpaired) electrons. The zero-order valence-electron chi connectivity index (χ0n) is 9.57. The second kappa shape index (κ2) is 4.41. The molecule has 0 fully saturated rings. The van der Waals surface area contributed by atoms with Crippen molar-refractivity contribution in [3.05, 3.63) is 22.8 Å². The Hall–Kier alpha value is -1.49. The molecule has 4 nitrogen and oxygen atoms in total. The molecule has 1 heterocycles. The lowest BCUT2D eigenvalue weighted by Gasteiger charge is -2.20. The van der Waals surface area contributed by atoms with Gasteiger partial charge in [-0.1, -0.05) is 0 Å². The highest BCUT2D eigenvalue weighted by molar-refractivity contribution is 7.99. The van der Waals surface area contributed by atoms with Crippen molar-refractivity contribution in [2.45, 2.75) is 25.2 Å². The van der Waals surface area contributed by atoms with Crippen molar-refractivity contribution < 1.29 is 19.4 Å². The van der Waals surface area contributed by atoms with Gasteiger partial charge in [-0.15, -0.1) is 11.8 Å². The maximum Gasteiger partial charge on any atom is 0.511 e. The van der Waals surface area contributed by atoms with Gasteiger partial charge in [0.1, 0.15) is 5.75 Å². The second-order valence-electron chi connectivity index (χ2n) is 3.91. The first-order valence-corrected chi connectivity index (χ1v) is 6.20. The van der Waals surface area contributed by atoms with Gasteiger partial charge in [-0.05, 0) is 25.5 Å². The van der Waals surface area contributed by atoms with E-state index >= 15 is 0 Å². The Morgan fingerprint density at radius 3 is 2.82 bits per heavy atom. The van der Waals surface area contributed by atoms with Crippen LogP contribution in [-0.4, -0.2) is 22.8 Å². The summed E-state index contributed by atoms with van der Waals surface area (Å²) in [5.41, 5.74) is 2.13. The molecule has 2 rings (SSSR count). The van der Waals surface area contributed by atoms with Gasteiger partial charge in [0.05, 0.1) is 0 Å². The SMILES string of the molecule is Cc1cc(OC(=O)O)c(C)c2c1SCCC2=O. The number of benzene rings is 1. The molecule has 0 unspecified atom stereocenters. The van der Waals surface area contributed by atoms with Gasteiger partial charge in [0.15, 0.2) is 5.78 Å². The maximum absolute atomic E-state index is 11.9. The molecule has 90 valence electrons. The molecule has 0 saturated carbocycles. The molecule has 1 aromatic rings. The molecule has 0 atom stereocenters. The van der Waals surface area contributed by atoms with E-state index in [1.807, 2.05) is 6.92 Å². The summed E-state index contributed by atoms with van der Waals surface area (Å²) < 4.78 is 4.70. The first kappa shape index (κ1) is 12.0. The lowest BCUT2D eigenvalue weighted by atomic mass is 9.99. The number of rotatable bonds is 1. The highest BCUT2D eigenvalue weighted by Crippen LogP contribution is 2.38. The van der Waals surface area contributed by atoms with Gasteiger partial charge in [0.25, 0.3) is 0 Å². The summed E-state index contributed by atoms with van der Waals surface area (Å²) in [5, 5.41) is 8.64. The van der Waals surface area contributed by atoms with Crippen molar-refractivity contribution in [3.63, 3.8) is 0 Å². The number of carboxylic acid groups (broad SMARTS) is 1. The third-order valence-corrected chi connectivity index (χ3v) is 3.95. The van der Waals surface area contributed by atoms with Gasteiger partial charge in [-0.25, -0.2) is 4.79 Å². The smallest absolute Gasteiger partial charge is 0.449 e. The molecule has 0 spiro atoms. The van der Waals surface area contributed by atoms with E-state index in [0.717, 1.165) is 16.2 Å². The summed E-state index contributed by atoms with van der Waals surface area (Å²) >= 11 is 1.64. The van der Waals surface area contributed by atoms with Crippen LogP contribution >= 0.6 is 11.8 Å². The lowest BCUT2D eigenvalue weighted by molar-refractivity contribution is 0.0982. The highest BCUT2D eigenvalue weighted by atomic mass is 32.2. The topological polar surface area (TPSA) is 63.6 Å². The third kappa shape index (κ3) is 2.15. The van der Waals surface area contributed by atoms with Gasteiger partial charge >= 0.3 is 6.16 Å². The summed E-state index contributed by atoms with van der Waals surface area (Å²) in [6.45, 7) is 3.58. The molecule has 0 bridgehead atoms. The number of thioether (sulfide) groups is 1. The fraction of sp³-hybridized carbons (Fsp3) is 0.333. The standard InChI is InChI=1S/C12H12O4S/c1-6-5-9(16-12(14)15)7(2)10-8(13)3-4-17-11(6)10/h5H,3-4H2,1-2H3,(H,14,15). The maximum atomic E-state index is 11.9. The van der Waals surface area contributed by atoms with E-state index in [2.05, 4.69) is 0 Å². The number of ketones is 1. The number of aryl methyl sites for hydroxylation is 1. The van der Waals surface area contributed by atoms with Crippen LogP contribution in [0, 0.1) is 13.8 Å². The number of hydrogen-bond donors (Lipinski definition) is 1. The average molecular weight is 252 g/mol. The summed E-state index contributed by atoms with van der Waals surface area (Å²) in [6, 6.07) is 1.67. The Bertz CT molecular complexity index is 508. The largest absolute Gasteiger partial charge is 0.511 e. The van der Waals surface area contributed by atoms with E-state index in [1.54, 1.807) is 24.8 Å². The van der Waals surface area contributed by atoms with Crippen molar-refractivity contribution >= 4 is 23.7 Å². The van der Waals surface area contributed by atoms with Crippen molar-refractivity contribution in [2.24, 2.45) is 0 Å². The van der Waals surface area contributed by atoms with Gasteiger partial charge < -0.3 is 9.84 Å². The number of Topliss-reactive ketones (excluding diaryl/α,β-unsaturated/α-hetero) is 1. The van der Waals surface area contributed by atoms with E-state index in [1.165, 1.54) is 0 Å². The zero-order valence-corrected chi connectivity index (χ0v) is 10.4. The molecule has 0 amide bonds. The van der Waals surface area contributed by atoms with E-state index in [-0.39, 0.29) is 11.5 Å². The zero-order chi connectivity index (χ0) is 12.6. The third-order valence-electron chi connectivity index (χ3n) is 2.73. The minimum atomic E-state index is -1.36. The Kier molecular flexibility index (Phi) is 3.11. The molecule has 0 aliphatic carbocycles. The van der Waals surface area contributed by atoms with Crippen molar-refractivity contribution in [3.8, 4) is 5.75 Å². The first-order chi connectivity index (χ1) is 8.00. The number of carbonyl (C=O) groups excluding carboxylic acids is 1. The van der Waals surface area contributed by atoms with Crippen molar-refractivity contribution in [1.82, 2.24) is 0 Å². The molecule has 1 aliphatic heterocycles. The predicted molar refractivity (Wildman–Crippen MR) is 64.2 cm³/mol. The van der Waals surface area contributed by atoms with E-state index < -0.39 is 6.16 Å². The van der Waals surface area contributed by atoms with Crippen molar-refractivity contribution in [2.75, 3.05) is 5.75 Å². The molecular formula is C12H12O4S. The average Bonchev–Trinajstić information content (AvgIpc) is 2.24. The molecule has 1 aliphatic rings. The molecule has 5 heteroatoms. The number of ether oxygens (including phenoxy) is 1. The van der Waals surface area contributed by atoms with Crippen LogP contribution in [0.4, 0.5) is 4.79 Å². The van der Waals surface area contributed by atoms with E-state index in [0.29, 0.717) is 17.5 Å². The van der Waals surface area contributed by atoms with E-state index in [9.17, 15) is 9.59 Å². The number of carbonyl (C=O) groups is 2. The fourth-order valence-electron chi connectivity index (χ4n) is 1.95. The highest BCUT2D eigenvalue weighted by Gasteiger charge is 2.24. The molecule has 0 saturated heterocycles. The fourth-order valence-corrected chi connectivity index (χ4v) is 3.14. The Balaban J connectivity index is 2.59. The summed E-state index contributed by atoms with van der Waals surface area (Å²) in [7, 11) is 0. The Morgan fingerprint density at radius 1 is 1.47 bits per heavy atom.